The summed E-state index contributed by atoms with van der Waals surface area (Å²) in [6.07, 6.45) is 5.12. The second-order valence-electron chi connectivity index (χ2n) is 5.91. The zero-order valence-corrected chi connectivity index (χ0v) is 15.1. The molecular formula is C18H14N6O5. The minimum atomic E-state index is -0.805. The SMILES string of the molecule is C/C(=N/NC(=O)c1cc([N+](=O)[O-])cc([N+](=O)[O-])c1)c1ccc(-n2ccnc2)cc1. The van der Waals surface area contributed by atoms with Crippen LogP contribution in [0.5, 0.6) is 0 Å². The molecule has 1 N–H and O–H groups in total. The smallest absolute Gasteiger partial charge is 0.277 e. The lowest BCUT2D eigenvalue weighted by atomic mass is 10.1. The molecule has 0 fully saturated rings. The fourth-order valence-electron chi connectivity index (χ4n) is 2.49. The van der Waals surface area contributed by atoms with Crippen LogP contribution in [0, 0.1) is 20.2 Å². The van der Waals surface area contributed by atoms with Crippen molar-refractivity contribution in [2.75, 3.05) is 0 Å². The van der Waals surface area contributed by atoms with Crippen LogP contribution in [0.1, 0.15) is 22.8 Å². The first-order chi connectivity index (χ1) is 13.8. The van der Waals surface area contributed by atoms with Crippen molar-refractivity contribution in [3.8, 4) is 5.69 Å². The Morgan fingerprint density at radius 2 is 1.66 bits per heavy atom. The first-order valence-electron chi connectivity index (χ1n) is 8.22. The highest BCUT2D eigenvalue weighted by Crippen LogP contribution is 2.22. The van der Waals surface area contributed by atoms with E-state index in [0.29, 0.717) is 5.71 Å². The van der Waals surface area contributed by atoms with E-state index in [4.69, 9.17) is 0 Å². The van der Waals surface area contributed by atoms with E-state index in [2.05, 4.69) is 15.5 Å². The maximum absolute atomic E-state index is 12.3. The number of aromatic nitrogens is 2. The number of nitro benzene ring substituents is 2. The number of nitro groups is 2. The predicted molar refractivity (Wildman–Crippen MR) is 103 cm³/mol. The van der Waals surface area contributed by atoms with E-state index >= 15 is 0 Å². The van der Waals surface area contributed by atoms with Crippen molar-refractivity contribution in [3.63, 3.8) is 0 Å². The van der Waals surface area contributed by atoms with E-state index in [1.54, 1.807) is 37.8 Å². The van der Waals surface area contributed by atoms with Gasteiger partial charge in [-0.05, 0) is 24.6 Å². The number of benzene rings is 2. The Balaban J connectivity index is 1.77. The molecule has 29 heavy (non-hydrogen) atoms. The lowest BCUT2D eigenvalue weighted by molar-refractivity contribution is -0.394. The van der Waals surface area contributed by atoms with Crippen molar-refractivity contribution >= 4 is 23.0 Å². The summed E-state index contributed by atoms with van der Waals surface area (Å²) in [5.41, 5.74) is 3.02. The van der Waals surface area contributed by atoms with Crippen LogP contribution in [0.15, 0.2) is 66.3 Å². The fraction of sp³-hybridized carbons (Fsp3) is 0.0556. The van der Waals surface area contributed by atoms with Crippen LogP contribution in [0.3, 0.4) is 0 Å². The number of carbonyl (C=O) groups excluding carboxylic acids is 1. The number of rotatable bonds is 6. The van der Waals surface area contributed by atoms with Gasteiger partial charge in [0.2, 0.25) is 0 Å². The molecule has 11 nitrogen and oxygen atoms in total. The van der Waals surface area contributed by atoms with E-state index in [1.807, 2.05) is 16.7 Å². The van der Waals surface area contributed by atoms with Crippen molar-refractivity contribution in [3.05, 3.63) is 92.5 Å². The maximum atomic E-state index is 12.3. The third-order valence-corrected chi connectivity index (χ3v) is 4.00. The molecule has 3 aromatic rings. The average Bonchev–Trinajstić information content (AvgIpc) is 3.26. The van der Waals surface area contributed by atoms with Gasteiger partial charge in [-0.25, -0.2) is 10.4 Å². The van der Waals surface area contributed by atoms with Crippen LogP contribution in [-0.2, 0) is 0 Å². The second-order valence-corrected chi connectivity index (χ2v) is 5.91. The second kappa shape index (κ2) is 8.08. The lowest BCUT2D eigenvalue weighted by Crippen LogP contribution is -2.19. The number of amides is 1. The number of hydrogen-bond acceptors (Lipinski definition) is 7. The molecule has 0 aliphatic rings. The van der Waals surface area contributed by atoms with Gasteiger partial charge in [0.25, 0.3) is 17.3 Å². The fourth-order valence-corrected chi connectivity index (χ4v) is 2.49. The zero-order valence-electron chi connectivity index (χ0n) is 15.1. The highest BCUT2D eigenvalue weighted by atomic mass is 16.6. The molecule has 0 bridgehead atoms. The van der Waals surface area contributed by atoms with Gasteiger partial charge in [0.05, 0.1) is 33.5 Å². The predicted octanol–water partition coefficient (Wildman–Crippen LogP) is 2.84. The van der Waals surface area contributed by atoms with E-state index in [1.165, 1.54) is 0 Å². The molecule has 0 unspecified atom stereocenters. The molecule has 1 heterocycles. The first kappa shape index (κ1) is 19.4. The van der Waals surface area contributed by atoms with E-state index in [9.17, 15) is 25.0 Å². The monoisotopic (exact) mass is 394 g/mol. The molecule has 0 saturated heterocycles. The van der Waals surface area contributed by atoms with E-state index in [-0.39, 0.29) is 5.56 Å². The average molecular weight is 394 g/mol. The van der Waals surface area contributed by atoms with Gasteiger partial charge in [-0.2, -0.15) is 5.10 Å². The Morgan fingerprint density at radius 3 is 2.17 bits per heavy atom. The van der Waals surface area contributed by atoms with Crippen molar-refractivity contribution in [1.29, 1.82) is 0 Å². The minimum absolute atomic E-state index is 0.238. The van der Waals surface area contributed by atoms with Crippen LogP contribution < -0.4 is 5.43 Å². The summed E-state index contributed by atoms with van der Waals surface area (Å²) < 4.78 is 1.83. The van der Waals surface area contributed by atoms with Gasteiger partial charge in [-0.3, -0.25) is 25.0 Å². The summed E-state index contributed by atoms with van der Waals surface area (Å²) in [5.74, 6) is -0.800. The molecule has 0 saturated carbocycles. The number of carbonyl (C=O) groups is 1. The van der Waals surface area contributed by atoms with Crippen molar-refractivity contribution < 1.29 is 14.6 Å². The summed E-state index contributed by atoms with van der Waals surface area (Å²) in [7, 11) is 0. The normalized spacial score (nSPS) is 11.1. The number of nitrogens with one attached hydrogen (secondary N) is 1. The largest absolute Gasteiger partial charge is 0.306 e. The van der Waals surface area contributed by atoms with Crippen LogP contribution in [0.2, 0.25) is 0 Å². The standard InChI is InChI=1S/C18H14N6O5/c1-12(13-2-4-15(5-3-13)22-7-6-19-11-22)20-21-18(25)14-8-16(23(26)27)10-17(9-14)24(28)29/h2-11H,1H3,(H,21,25)/b20-12-. The number of hydrogen-bond donors (Lipinski definition) is 1. The van der Waals surface area contributed by atoms with Gasteiger partial charge in [0.1, 0.15) is 0 Å². The number of non-ortho nitro benzene ring substituents is 2. The van der Waals surface area contributed by atoms with Gasteiger partial charge in [0, 0.05) is 30.2 Å². The third-order valence-electron chi connectivity index (χ3n) is 4.00. The highest BCUT2D eigenvalue weighted by Gasteiger charge is 2.19. The number of nitrogens with zero attached hydrogens (tertiary/aromatic N) is 5. The Hall–Kier alpha value is -4.41. The van der Waals surface area contributed by atoms with Gasteiger partial charge >= 0.3 is 0 Å². The third kappa shape index (κ3) is 4.47. The van der Waals surface area contributed by atoms with Gasteiger partial charge < -0.3 is 4.57 Å². The van der Waals surface area contributed by atoms with Crippen LogP contribution in [0.4, 0.5) is 11.4 Å². The summed E-state index contributed by atoms with van der Waals surface area (Å²) >= 11 is 0. The van der Waals surface area contributed by atoms with Gasteiger partial charge in [-0.1, -0.05) is 12.1 Å². The quantitative estimate of drug-likeness (QED) is 0.386. The molecule has 0 spiro atoms. The summed E-state index contributed by atoms with van der Waals surface area (Å²) in [4.78, 5) is 36.5. The highest BCUT2D eigenvalue weighted by molar-refractivity contribution is 6.01. The Labute approximate surface area is 163 Å². The molecule has 2 aromatic carbocycles. The summed E-state index contributed by atoms with van der Waals surface area (Å²) in [6.45, 7) is 1.67. The topological polar surface area (TPSA) is 146 Å². The van der Waals surface area contributed by atoms with Crippen LogP contribution >= 0.6 is 0 Å². The van der Waals surface area contributed by atoms with Crippen molar-refractivity contribution in [2.45, 2.75) is 6.92 Å². The molecule has 0 radical (unpaired) electrons. The molecule has 0 aliphatic carbocycles. The summed E-state index contributed by atoms with van der Waals surface area (Å²) in [5, 5.41) is 25.8. The maximum Gasteiger partial charge on any atom is 0.277 e. The number of imidazole rings is 1. The lowest BCUT2D eigenvalue weighted by Gasteiger charge is -2.06. The van der Waals surface area contributed by atoms with E-state index < -0.39 is 27.1 Å². The van der Waals surface area contributed by atoms with Crippen molar-refractivity contribution in [1.82, 2.24) is 15.0 Å². The van der Waals surface area contributed by atoms with Crippen molar-refractivity contribution in [2.24, 2.45) is 5.10 Å². The van der Waals surface area contributed by atoms with Crippen LogP contribution in [0.25, 0.3) is 5.69 Å². The molecule has 0 aliphatic heterocycles. The minimum Gasteiger partial charge on any atom is -0.306 e. The van der Waals surface area contributed by atoms with Gasteiger partial charge in [0.15, 0.2) is 0 Å². The molecule has 3 rings (SSSR count). The molecular weight excluding hydrogens is 380 g/mol. The Kier molecular flexibility index (Phi) is 5.39. The Bertz CT molecular complexity index is 1070. The molecule has 0 atom stereocenters. The zero-order chi connectivity index (χ0) is 21.0. The van der Waals surface area contributed by atoms with Crippen LogP contribution in [-0.4, -0.2) is 31.0 Å². The summed E-state index contributed by atoms with van der Waals surface area (Å²) in [6, 6.07) is 9.99. The molecule has 146 valence electrons. The molecule has 1 aromatic heterocycles. The van der Waals surface area contributed by atoms with Gasteiger partial charge in [-0.15, -0.1) is 0 Å². The Morgan fingerprint density at radius 1 is 1.03 bits per heavy atom. The van der Waals surface area contributed by atoms with E-state index in [0.717, 1.165) is 29.4 Å². The molecule has 11 heteroatoms. The first-order valence-corrected chi connectivity index (χ1v) is 8.22. The number of hydrazone groups is 1. The molecule has 1 amide bonds.